The predicted molar refractivity (Wildman–Crippen MR) is 93.5 cm³/mol. The van der Waals surface area contributed by atoms with E-state index in [1.165, 1.54) is 0 Å². The third kappa shape index (κ3) is 11.3. The highest BCUT2D eigenvalue weighted by Gasteiger charge is 2.07. The molecule has 0 spiro atoms. The lowest BCUT2D eigenvalue weighted by Gasteiger charge is -2.13. The third-order valence-corrected chi connectivity index (χ3v) is 3.26. The molecule has 9 nitrogen and oxygen atoms in total. The molecule has 0 unspecified atom stereocenters. The van der Waals surface area contributed by atoms with Crippen molar-refractivity contribution in [3.63, 3.8) is 0 Å². The highest BCUT2D eigenvalue weighted by molar-refractivity contribution is 5.67. The van der Waals surface area contributed by atoms with Crippen LogP contribution in [0.5, 0.6) is 17.2 Å². The second-order valence-electron chi connectivity index (χ2n) is 5.68. The van der Waals surface area contributed by atoms with Crippen molar-refractivity contribution in [2.24, 2.45) is 0 Å². The maximum atomic E-state index is 10.5. The van der Waals surface area contributed by atoms with Crippen LogP contribution < -0.4 is 14.2 Å². The van der Waals surface area contributed by atoms with E-state index in [1.54, 1.807) is 18.2 Å². The van der Waals surface area contributed by atoms with Gasteiger partial charge < -0.3 is 29.5 Å². The van der Waals surface area contributed by atoms with Crippen LogP contribution in [-0.2, 0) is 14.4 Å². The van der Waals surface area contributed by atoms with Crippen LogP contribution in [0.1, 0.15) is 38.5 Å². The van der Waals surface area contributed by atoms with Crippen molar-refractivity contribution < 1.29 is 43.9 Å². The number of carboxylic acids is 3. The van der Waals surface area contributed by atoms with Gasteiger partial charge in [-0.1, -0.05) is 0 Å². The highest BCUT2D eigenvalue weighted by Crippen LogP contribution is 2.28. The molecule has 0 amide bonds. The van der Waals surface area contributed by atoms with E-state index < -0.39 is 17.9 Å². The number of ether oxygens (including phenoxy) is 3. The first kappa shape index (κ1) is 22.1. The molecule has 0 heterocycles. The Bertz CT molecular complexity index is 529. The molecule has 0 fully saturated rings. The van der Waals surface area contributed by atoms with Crippen molar-refractivity contribution in [1.29, 1.82) is 0 Å². The Balaban J connectivity index is 2.63. The van der Waals surface area contributed by atoms with E-state index in [1.807, 2.05) is 0 Å². The van der Waals surface area contributed by atoms with Crippen LogP contribution in [0.3, 0.4) is 0 Å². The Labute approximate surface area is 156 Å². The summed E-state index contributed by atoms with van der Waals surface area (Å²) in [7, 11) is 0. The summed E-state index contributed by atoms with van der Waals surface area (Å²) in [6, 6.07) is 4.81. The smallest absolute Gasteiger partial charge is 0.303 e. The Morgan fingerprint density at radius 2 is 0.852 bits per heavy atom. The van der Waals surface area contributed by atoms with Gasteiger partial charge in [0.1, 0.15) is 17.2 Å². The van der Waals surface area contributed by atoms with Crippen LogP contribution >= 0.6 is 0 Å². The normalized spacial score (nSPS) is 10.2. The molecule has 0 radical (unpaired) electrons. The van der Waals surface area contributed by atoms with Gasteiger partial charge in [-0.2, -0.15) is 0 Å². The molecule has 1 aromatic rings. The summed E-state index contributed by atoms with van der Waals surface area (Å²) in [5, 5.41) is 25.9. The van der Waals surface area contributed by atoms with E-state index in [0.29, 0.717) is 36.5 Å². The predicted octanol–water partition coefficient (Wildman–Crippen LogP) is 2.42. The molecule has 1 rings (SSSR count). The van der Waals surface area contributed by atoms with Gasteiger partial charge in [0.05, 0.1) is 19.8 Å². The molecule has 0 saturated carbocycles. The van der Waals surface area contributed by atoms with Crippen molar-refractivity contribution in [2.45, 2.75) is 38.5 Å². The minimum atomic E-state index is -0.906. The molecule has 0 saturated heterocycles. The van der Waals surface area contributed by atoms with E-state index >= 15 is 0 Å². The lowest BCUT2D eigenvalue weighted by atomic mass is 10.3. The molecule has 9 heteroatoms. The Morgan fingerprint density at radius 1 is 0.593 bits per heavy atom. The van der Waals surface area contributed by atoms with Crippen LogP contribution in [0.4, 0.5) is 0 Å². The maximum absolute atomic E-state index is 10.5. The van der Waals surface area contributed by atoms with Crippen molar-refractivity contribution in [3.05, 3.63) is 18.2 Å². The van der Waals surface area contributed by atoms with Gasteiger partial charge >= 0.3 is 17.9 Å². The summed E-state index contributed by atoms with van der Waals surface area (Å²) in [5.41, 5.74) is 0. The molecule has 3 N–H and O–H groups in total. The van der Waals surface area contributed by atoms with Gasteiger partial charge in [0, 0.05) is 37.5 Å². The summed E-state index contributed by atoms with van der Waals surface area (Å²) in [6.07, 6.45) is 0.993. The fourth-order valence-electron chi connectivity index (χ4n) is 2.04. The first-order valence-electron chi connectivity index (χ1n) is 8.55. The van der Waals surface area contributed by atoms with Crippen LogP contribution in [0.15, 0.2) is 18.2 Å². The summed E-state index contributed by atoms with van der Waals surface area (Å²) < 4.78 is 16.5. The second-order valence-corrected chi connectivity index (χ2v) is 5.68. The van der Waals surface area contributed by atoms with Crippen molar-refractivity contribution >= 4 is 17.9 Å². The zero-order valence-corrected chi connectivity index (χ0v) is 14.9. The standard InChI is InChI=1S/C18H24O9/c19-16(20)4-1-7-25-13-10-14(26-8-2-5-17(21)22)12-15(11-13)27-9-3-6-18(23)24/h10-12H,1-9H2,(H,19,20)(H,21,22)(H,23,24). The number of carbonyl (C=O) groups is 3. The first-order chi connectivity index (χ1) is 12.9. The monoisotopic (exact) mass is 384 g/mol. The third-order valence-electron chi connectivity index (χ3n) is 3.26. The number of rotatable bonds is 15. The Kier molecular flexibility index (Phi) is 10.1. The number of hydrogen-bond donors (Lipinski definition) is 3. The van der Waals surface area contributed by atoms with Gasteiger partial charge in [-0.15, -0.1) is 0 Å². The van der Waals surface area contributed by atoms with Gasteiger partial charge in [-0.3, -0.25) is 14.4 Å². The van der Waals surface area contributed by atoms with E-state index in [2.05, 4.69) is 0 Å². The minimum Gasteiger partial charge on any atom is -0.493 e. The average Bonchev–Trinajstić information content (AvgIpc) is 2.59. The largest absolute Gasteiger partial charge is 0.493 e. The van der Waals surface area contributed by atoms with Gasteiger partial charge in [-0.25, -0.2) is 0 Å². The number of benzene rings is 1. The Hall–Kier alpha value is -2.97. The topological polar surface area (TPSA) is 140 Å². The molecule has 27 heavy (non-hydrogen) atoms. The summed E-state index contributed by atoms with van der Waals surface area (Å²) in [4.78, 5) is 31.6. The van der Waals surface area contributed by atoms with Gasteiger partial charge in [0.15, 0.2) is 0 Å². The zero-order chi connectivity index (χ0) is 20.1. The Morgan fingerprint density at radius 3 is 1.07 bits per heavy atom. The molecule has 0 aliphatic carbocycles. The maximum Gasteiger partial charge on any atom is 0.303 e. The summed E-state index contributed by atoms with van der Waals surface area (Å²) >= 11 is 0. The fraction of sp³-hybridized carbons (Fsp3) is 0.500. The zero-order valence-electron chi connectivity index (χ0n) is 14.9. The molecule has 1 aromatic carbocycles. The van der Waals surface area contributed by atoms with Crippen molar-refractivity contribution in [3.8, 4) is 17.2 Å². The molecule has 150 valence electrons. The second kappa shape index (κ2) is 12.4. The summed E-state index contributed by atoms with van der Waals surface area (Å²) in [5.74, 6) is -1.46. The van der Waals surface area contributed by atoms with E-state index in [9.17, 15) is 14.4 Å². The van der Waals surface area contributed by atoms with Gasteiger partial charge in [0.2, 0.25) is 0 Å². The van der Waals surface area contributed by atoms with Crippen molar-refractivity contribution in [2.75, 3.05) is 19.8 Å². The van der Waals surface area contributed by atoms with Gasteiger partial charge in [0.25, 0.3) is 0 Å². The highest BCUT2D eigenvalue weighted by atomic mass is 16.5. The van der Waals surface area contributed by atoms with Crippen LogP contribution in [-0.4, -0.2) is 53.0 Å². The molecule has 0 atom stereocenters. The molecular formula is C18H24O9. The molecule has 0 bridgehead atoms. The fourth-order valence-corrected chi connectivity index (χ4v) is 2.04. The molecule has 0 aliphatic rings. The lowest BCUT2D eigenvalue weighted by molar-refractivity contribution is -0.138. The van der Waals surface area contributed by atoms with E-state index in [4.69, 9.17) is 29.5 Å². The van der Waals surface area contributed by atoms with Crippen LogP contribution in [0.2, 0.25) is 0 Å². The van der Waals surface area contributed by atoms with Crippen LogP contribution in [0, 0.1) is 0 Å². The van der Waals surface area contributed by atoms with Gasteiger partial charge in [-0.05, 0) is 19.3 Å². The quantitative estimate of drug-likeness (QED) is 0.389. The van der Waals surface area contributed by atoms with Crippen molar-refractivity contribution in [1.82, 2.24) is 0 Å². The average molecular weight is 384 g/mol. The molecule has 0 aliphatic heterocycles. The summed E-state index contributed by atoms with van der Waals surface area (Å²) in [6.45, 7) is 0.605. The lowest BCUT2D eigenvalue weighted by Crippen LogP contribution is -2.05. The first-order valence-corrected chi connectivity index (χ1v) is 8.55. The minimum absolute atomic E-state index is 0.01000. The SMILES string of the molecule is O=C(O)CCCOc1cc(OCCCC(=O)O)cc(OCCCC(=O)O)c1. The number of aliphatic carboxylic acids is 3. The molecular weight excluding hydrogens is 360 g/mol. The van der Waals surface area contributed by atoms with E-state index in [-0.39, 0.29) is 39.1 Å². The van der Waals surface area contributed by atoms with Crippen LogP contribution in [0.25, 0.3) is 0 Å². The van der Waals surface area contributed by atoms with E-state index in [0.717, 1.165) is 0 Å². The molecule has 0 aromatic heterocycles. The number of carboxylic acid groups (broad SMARTS) is 3. The number of hydrogen-bond acceptors (Lipinski definition) is 6.